The molecule has 0 bridgehead atoms. The summed E-state index contributed by atoms with van der Waals surface area (Å²) in [7, 11) is 3.15. The summed E-state index contributed by atoms with van der Waals surface area (Å²) in [5.74, 6) is 1.88. The topological polar surface area (TPSA) is 59.6 Å². The highest BCUT2D eigenvalue weighted by Gasteiger charge is 2.14. The van der Waals surface area contributed by atoms with Crippen LogP contribution in [0.1, 0.15) is 29.6 Å². The van der Waals surface area contributed by atoms with E-state index in [0.717, 1.165) is 19.5 Å². The Bertz CT molecular complexity index is 448. The molecule has 0 saturated carbocycles. The van der Waals surface area contributed by atoms with Crippen LogP contribution >= 0.6 is 0 Å². The molecule has 2 N–H and O–H groups in total. The molecule has 2 rings (SSSR count). The molecule has 0 aromatic heterocycles. The van der Waals surface area contributed by atoms with Crippen molar-refractivity contribution in [3.05, 3.63) is 23.8 Å². The van der Waals surface area contributed by atoms with Crippen LogP contribution < -0.4 is 20.1 Å². The van der Waals surface area contributed by atoms with Crippen molar-refractivity contribution < 1.29 is 14.3 Å². The molecule has 1 aromatic carbocycles. The molecule has 1 heterocycles. The second-order valence-corrected chi connectivity index (χ2v) is 5.34. The SMILES string of the molecule is COc1cc(OC)cc(C(=O)NCCC2CCNCC2)c1. The first-order valence-electron chi connectivity index (χ1n) is 7.45. The third-order valence-corrected chi connectivity index (χ3v) is 3.91. The van der Waals surface area contributed by atoms with E-state index >= 15 is 0 Å². The van der Waals surface area contributed by atoms with Crippen molar-refractivity contribution in [2.75, 3.05) is 33.9 Å². The zero-order valence-electron chi connectivity index (χ0n) is 12.8. The van der Waals surface area contributed by atoms with Gasteiger partial charge in [-0.1, -0.05) is 0 Å². The number of carbonyl (C=O) groups is 1. The Kier molecular flexibility index (Phi) is 5.87. The van der Waals surface area contributed by atoms with E-state index in [1.165, 1.54) is 12.8 Å². The van der Waals surface area contributed by atoms with Crippen LogP contribution in [0.2, 0.25) is 0 Å². The summed E-state index contributed by atoms with van der Waals surface area (Å²) in [5, 5.41) is 6.33. The number of benzene rings is 1. The molecule has 1 aliphatic rings. The van der Waals surface area contributed by atoms with Crippen LogP contribution in [0.5, 0.6) is 11.5 Å². The number of rotatable bonds is 6. The molecule has 1 amide bonds. The molecule has 1 aliphatic heterocycles. The highest BCUT2D eigenvalue weighted by molar-refractivity contribution is 5.95. The lowest BCUT2D eigenvalue weighted by Gasteiger charge is -2.22. The summed E-state index contributed by atoms with van der Waals surface area (Å²) in [6.07, 6.45) is 3.43. The van der Waals surface area contributed by atoms with Crippen LogP contribution in [0.3, 0.4) is 0 Å². The lowest BCUT2D eigenvalue weighted by atomic mass is 9.95. The minimum Gasteiger partial charge on any atom is -0.497 e. The van der Waals surface area contributed by atoms with Crippen molar-refractivity contribution >= 4 is 5.91 Å². The minimum atomic E-state index is -0.0823. The Morgan fingerprint density at radius 2 is 1.81 bits per heavy atom. The van der Waals surface area contributed by atoms with Crippen molar-refractivity contribution in [3.63, 3.8) is 0 Å². The van der Waals surface area contributed by atoms with Gasteiger partial charge in [0, 0.05) is 18.2 Å². The van der Waals surface area contributed by atoms with Gasteiger partial charge in [-0.25, -0.2) is 0 Å². The van der Waals surface area contributed by atoms with E-state index in [-0.39, 0.29) is 5.91 Å². The van der Waals surface area contributed by atoms with Gasteiger partial charge < -0.3 is 20.1 Å². The number of methoxy groups -OCH3 is 2. The Morgan fingerprint density at radius 1 is 1.19 bits per heavy atom. The second kappa shape index (κ2) is 7.88. The summed E-state index contributed by atoms with van der Waals surface area (Å²) in [6.45, 7) is 2.89. The summed E-state index contributed by atoms with van der Waals surface area (Å²) in [5.41, 5.74) is 0.566. The van der Waals surface area contributed by atoms with Gasteiger partial charge in [-0.3, -0.25) is 4.79 Å². The largest absolute Gasteiger partial charge is 0.497 e. The van der Waals surface area contributed by atoms with E-state index in [1.54, 1.807) is 32.4 Å². The molecule has 0 atom stereocenters. The van der Waals surface area contributed by atoms with Crippen LogP contribution in [0.15, 0.2) is 18.2 Å². The van der Waals surface area contributed by atoms with Gasteiger partial charge >= 0.3 is 0 Å². The van der Waals surface area contributed by atoms with E-state index in [2.05, 4.69) is 10.6 Å². The third kappa shape index (κ3) is 4.63. The van der Waals surface area contributed by atoms with Crippen LogP contribution in [0.4, 0.5) is 0 Å². The molecular weight excluding hydrogens is 268 g/mol. The lowest BCUT2D eigenvalue weighted by molar-refractivity contribution is 0.0950. The van der Waals surface area contributed by atoms with Crippen molar-refractivity contribution in [2.24, 2.45) is 5.92 Å². The number of hydrogen-bond acceptors (Lipinski definition) is 4. The van der Waals surface area contributed by atoms with E-state index in [1.807, 2.05) is 0 Å². The van der Waals surface area contributed by atoms with E-state index < -0.39 is 0 Å². The van der Waals surface area contributed by atoms with E-state index in [0.29, 0.717) is 29.5 Å². The molecule has 21 heavy (non-hydrogen) atoms. The molecule has 1 saturated heterocycles. The number of amides is 1. The van der Waals surface area contributed by atoms with Gasteiger partial charge in [0.15, 0.2) is 0 Å². The van der Waals surface area contributed by atoms with Crippen molar-refractivity contribution in [1.82, 2.24) is 10.6 Å². The maximum atomic E-state index is 12.2. The first-order valence-corrected chi connectivity index (χ1v) is 7.45. The van der Waals surface area contributed by atoms with Gasteiger partial charge in [-0.15, -0.1) is 0 Å². The molecule has 0 aliphatic carbocycles. The maximum Gasteiger partial charge on any atom is 0.251 e. The number of carbonyl (C=O) groups excluding carboxylic acids is 1. The van der Waals surface area contributed by atoms with Crippen LogP contribution in [0, 0.1) is 5.92 Å². The van der Waals surface area contributed by atoms with Crippen molar-refractivity contribution in [3.8, 4) is 11.5 Å². The van der Waals surface area contributed by atoms with Gasteiger partial charge in [-0.2, -0.15) is 0 Å². The first-order chi connectivity index (χ1) is 10.2. The van der Waals surface area contributed by atoms with Crippen LogP contribution in [-0.4, -0.2) is 39.8 Å². The summed E-state index contributed by atoms with van der Waals surface area (Å²) >= 11 is 0. The predicted molar refractivity (Wildman–Crippen MR) is 82.1 cm³/mol. The standard InChI is InChI=1S/C16H24N2O3/c1-20-14-9-13(10-15(11-14)21-2)16(19)18-8-5-12-3-6-17-7-4-12/h9-12,17H,3-8H2,1-2H3,(H,18,19). The number of piperidine rings is 1. The molecule has 5 nitrogen and oxygen atoms in total. The zero-order valence-corrected chi connectivity index (χ0v) is 12.8. The van der Waals surface area contributed by atoms with E-state index in [9.17, 15) is 4.79 Å². The van der Waals surface area contributed by atoms with E-state index in [4.69, 9.17) is 9.47 Å². The van der Waals surface area contributed by atoms with Crippen LogP contribution in [-0.2, 0) is 0 Å². The van der Waals surface area contributed by atoms with Gasteiger partial charge in [0.1, 0.15) is 11.5 Å². The summed E-state index contributed by atoms with van der Waals surface area (Å²) in [4.78, 5) is 12.2. The quantitative estimate of drug-likeness (QED) is 0.840. The monoisotopic (exact) mass is 292 g/mol. The smallest absolute Gasteiger partial charge is 0.251 e. The molecule has 1 aromatic rings. The minimum absolute atomic E-state index is 0.0823. The lowest BCUT2D eigenvalue weighted by Crippen LogP contribution is -2.31. The zero-order chi connectivity index (χ0) is 15.1. The van der Waals surface area contributed by atoms with Gasteiger partial charge in [0.05, 0.1) is 14.2 Å². The Balaban J connectivity index is 1.87. The van der Waals surface area contributed by atoms with Gasteiger partial charge in [0.25, 0.3) is 5.91 Å². The Hall–Kier alpha value is -1.75. The molecule has 1 fully saturated rings. The molecule has 5 heteroatoms. The molecule has 0 radical (unpaired) electrons. The molecule has 0 unspecified atom stereocenters. The normalized spacial score (nSPS) is 15.5. The number of ether oxygens (including phenoxy) is 2. The maximum absolute atomic E-state index is 12.2. The number of hydrogen-bond donors (Lipinski definition) is 2. The molecule has 0 spiro atoms. The van der Waals surface area contributed by atoms with Crippen molar-refractivity contribution in [2.45, 2.75) is 19.3 Å². The molecular formula is C16H24N2O3. The van der Waals surface area contributed by atoms with Crippen LogP contribution in [0.25, 0.3) is 0 Å². The fourth-order valence-electron chi connectivity index (χ4n) is 2.60. The predicted octanol–water partition coefficient (Wildman–Crippen LogP) is 1.82. The fourth-order valence-corrected chi connectivity index (χ4v) is 2.60. The third-order valence-electron chi connectivity index (χ3n) is 3.91. The molecule has 116 valence electrons. The average Bonchev–Trinajstić information content (AvgIpc) is 2.55. The second-order valence-electron chi connectivity index (χ2n) is 5.34. The highest BCUT2D eigenvalue weighted by Crippen LogP contribution is 2.22. The van der Waals surface area contributed by atoms with Crippen molar-refractivity contribution in [1.29, 1.82) is 0 Å². The summed E-state index contributed by atoms with van der Waals surface area (Å²) < 4.78 is 10.4. The van der Waals surface area contributed by atoms with Gasteiger partial charge in [-0.05, 0) is 50.4 Å². The Labute approximate surface area is 126 Å². The number of nitrogens with one attached hydrogen (secondary N) is 2. The first kappa shape index (κ1) is 15.6. The highest BCUT2D eigenvalue weighted by atomic mass is 16.5. The Morgan fingerprint density at radius 3 is 2.38 bits per heavy atom. The fraction of sp³-hybridized carbons (Fsp3) is 0.562. The summed E-state index contributed by atoms with van der Waals surface area (Å²) in [6, 6.07) is 5.20. The average molecular weight is 292 g/mol. The van der Waals surface area contributed by atoms with Gasteiger partial charge in [0.2, 0.25) is 0 Å².